The number of methoxy groups -OCH3 is 1. The molecule has 20 heavy (non-hydrogen) atoms. The molecule has 0 bridgehead atoms. The van der Waals surface area contributed by atoms with Crippen LogP contribution in [0.25, 0.3) is 0 Å². The summed E-state index contributed by atoms with van der Waals surface area (Å²) in [7, 11) is 1.59. The van der Waals surface area contributed by atoms with E-state index in [1.807, 2.05) is 30.3 Å². The minimum atomic E-state index is 0.415. The molecule has 0 aliphatic heterocycles. The Balaban J connectivity index is 2.24. The molecular formula is C15H13BrCl2O2. The Morgan fingerprint density at radius 2 is 1.90 bits per heavy atom. The highest BCUT2D eigenvalue weighted by molar-refractivity contribution is 9.08. The van der Waals surface area contributed by atoms with Crippen LogP contribution in [0.1, 0.15) is 11.1 Å². The zero-order chi connectivity index (χ0) is 14.5. The van der Waals surface area contributed by atoms with E-state index in [1.54, 1.807) is 13.2 Å². The first-order chi connectivity index (χ1) is 9.63. The van der Waals surface area contributed by atoms with Gasteiger partial charge < -0.3 is 9.47 Å². The van der Waals surface area contributed by atoms with E-state index in [2.05, 4.69) is 15.9 Å². The zero-order valence-electron chi connectivity index (χ0n) is 10.8. The molecule has 5 heteroatoms. The number of hydrogen-bond donors (Lipinski definition) is 0. The second-order valence-corrected chi connectivity index (χ2v) is 5.58. The van der Waals surface area contributed by atoms with Crippen LogP contribution < -0.4 is 9.47 Å². The molecule has 0 aliphatic carbocycles. The van der Waals surface area contributed by atoms with Crippen molar-refractivity contribution in [1.29, 1.82) is 0 Å². The Hall–Kier alpha value is -0.900. The van der Waals surface area contributed by atoms with Crippen molar-refractivity contribution >= 4 is 39.1 Å². The van der Waals surface area contributed by atoms with Gasteiger partial charge in [0.05, 0.1) is 7.11 Å². The van der Waals surface area contributed by atoms with E-state index in [4.69, 9.17) is 32.7 Å². The van der Waals surface area contributed by atoms with E-state index in [1.165, 1.54) is 0 Å². The van der Waals surface area contributed by atoms with Gasteiger partial charge in [0.1, 0.15) is 6.61 Å². The van der Waals surface area contributed by atoms with Crippen LogP contribution in [0.4, 0.5) is 0 Å². The average molecular weight is 376 g/mol. The molecular weight excluding hydrogens is 363 g/mol. The molecule has 0 saturated carbocycles. The zero-order valence-corrected chi connectivity index (χ0v) is 13.9. The van der Waals surface area contributed by atoms with Gasteiger partial charge in [0.2, 0.25) is 0 Å². The summed E-state index contributed by atoms with van der Waals surface area (Å²) in [6.07, 6.45) is 0. The van der Waals surface area contributed by atoms with Gasteiger partial charge in [-0.2, -0.15) is 0 Å². The standard InChI is InChI=1S/C15H13BrCl2O2/c1-19-14-7-13(18)6-11(8-16)15(14)20-9-10-3-2-4-12(17)5-10/h2-7H,8-9H2,1H3. The van der Waals surface area contributed by atoms with E-state index < -0.39 is 0 Å². The van der Waals surface area contributed by atoms with E-state index in [0.29, 0.717) is 33.5 Å². The van der Waals surface area contributed by atoms with Crippen LogP contribution in [-0.4, -0.2) is 7.11 Å². The van der Waals surface area contributed by atoms with Gasteiger partial charge in [0, 0.05) is 27.0 Å². The topological polar surface area (TPSA) is 18.5 Å². The summed E-state index contributed by atoms with van der Waals surface area (Å²) in [5.41, 5.74) is 1.94. The summed E-state index contributed by atoms with van der Waals surface area (Å²) < 4.78 is 11.2. The number of rotatable bonds is 5. The molecule has 2 aromatic rings. The molecule has 0 N–H and O–H groups in total. The maximum atomic E-state index is 6.04. The Kier molecular flexibility index (Phi) is 5.58. The van der Waals surface area contributed by atoms with E-state index >= 15 is 0 Å². The highest BCUT2D eigenvalue weighted by Crippen LogP contribution is 2.36. The van der Waals surface area contributed by atoms with Crippen LogP contribution >= 0.6 is 39.1 Å². The highest BCUT2D eigenvalue weighted by atomic mass is 79.9. The second kappa shape index (κ2) is 7.21. The van der Waals surface area contributed by atoms with Crippen molar-refractivity contribution in [1.82, 2.24) is 0 Å². The summed E-state index contributed by atoms with van der Waals surface area (Å²) in [6.45, 7) is 0.415. The molecule has 0 unspecified atom stereocenters. The van der Waals surface area contributed by atoms with Crippen molar-refractivity contribution in [3.05, 3.63) is 57.6 Å². The van der Waals surface area contributed by atoms with Gasteiger partial charge in [0.15, 0.2) is 11.5 Å². The fourth-order valence-electron chi connectivity index (χ4n) is 1.82. The van der Waals surface area contributed by atoms with Crippen molar-refractivity contribution in [2.24, 2.45) is 0 Å². The molecule has 0 radical (unpaired) electrons. The molecule has 0 aromatic heterocycles. The lowest BCUT2D eigenvalue weighted by molar-refractivity contribution is 0.282. The van der Waals surface area contributed by atoms with Crippen LogP contribution in [0, 0.1) is 0 Å². The van der Waals surface area contributed by atoms with Crippen LogP contribution in [0.2, 0.25) is 10.0 Å². The van der Waals surface area contributed by atoms with E-state index in [-0.39, 0.29) is 0 Å². The first-order valence-electron chi connectivity index (χ1n) is 5.93. The predicted molar refractivity (Wildman–Crippen MR) is 86.4 cm³/mol. The third-order valence-electron chi connectivity index (χ3n) is 2.73. The maximum Gasteiger partial charge on any atom is 0.165 e. The molecule has 0 saturated heterocycles. The number of hydrogen-bond acceptors (Lipinski definition) is 2. The normalized spacial score (nSPS) is 10.4. The average Bonchev–Trinajstić information content (AvgIpc) is 2.45. The van der Waals surface area contributed by atoms with Gasteiger partial charge in [-0.3, -0.25) is 0 Å². The lowest BCUT2D eigenvalue weighted by Crippen LogP contribution is -2.00. The molecule has 106 valence electrons. The first kappa shape index (κ1) is 15.5. The summed E-state index contributed by atoms with van der Waals surface area (Å²) in [5.74, 6) is 1.31. The fraction of sp³-hybridized carbons (Fsp3) is 0.200. The van der Waals surface area contributed by atoms with Crippen LogP contribution in [0.3, 0.4) is 0 Å². The van der Waals surface area contributed by atoms with Gasteiger partial charge in [-0.1, -0.05) is 51.3 Å². The molecule has 2 aromatic carbocycles. The molecule has 0 heterocycles. The number of alkyl halides is 1. The lowest BCUT2D eigenvalue weighted by atomic mass is 10.2. The van der Waals surface area contributed by atoms with Crippen LogP contribution in [-0.2, 0) is 11.9 Å². The van der Waals surface area contributed by atoms with E-state index in [0.717, 1.165) is 11.1 Å². The van der Waals surface area contributed by atoms with Crippen LogP contribution in [0.5, 0.6) is 11.5 Å². The fourth-order valence-corrected chi connectivity index (χ4v) is 2.68. The van der Waals surface area contributed by atoms with Crippen molar-refractivity contribution in [3.8, 4) is 11.5 Å². The molecule has 0 fully saturated rings. The monoisotopic (exact) mass is 374 g/mol. The van der Waals surface area contributed by atoms with Gasteiger partial charge in [-0.05, 0) is 23.8 Å². The molecule has 2 nitrogen and oxygen atoms in total. The Morgan fingerprint density at radius 3 is 2.55 bits per heavy atom. The largest absolute Gasteiger partial charge is 0.493 e. The third-order valence-corrected chi connectivity index (χ3v) is 3.79. The Labute approximate surface area is 136 Å². The first-order valence-corrected chi connectivity index (χ1v) is 7.81. The van der Waals surface area contributed by atoms with Crippen molar-refractivity contribution in [2.75, 3.05) is 7.11 Å². The minimum absolute atomic E-state index is 0.415. The van der Waals surface area contributed by atoms with Gasteiger partial charge >= 0.3 is 0 Å². The predicted octanol–water partition coefficient (Wildman–Crippen LogP) is 5.48. The van der Waals surface area contributed by atoms with Crippen LogP contribution in [0.15, 0.2) is 36.4 Å². The highest BCUT2D eigenvalue weighted by Gasteiger charge is 2.12. The summed E-state index contributed by atoms with van der Waals surface area (Å²) in [6, 6.07) is 11.1. The second-order valence-electron chi connectivity index (χ2n) is 4.15. The third kappa shape index (κ3) is 3.81. The van der Waals surface area contributed by atoms with Crippen molar-refractivity contribution in [3.63, 3.8) is 0 Å². The van der Waals surface area contributed by atoms with E-state index in [9.17, 15) is 0 Å². The smallest absolute Gasteiger partial charge is 0.165 e. The quantitative estimate of drug-likeness (QED) is 0.644. The van der Waals surface area contributed by atoms with Crippen molar-refractivity contribution in [2.45, 2.75) is 11.9 Å². The molecule has 0 atom stereocenters. The molecule has 0 spiro atoms. The molecule has 0 amide bonds. The Morgan fingerprint density at radius 1 is 1.10 bits per heavy atom. The van der Waals surface area contributed by atoms with Gasteiger partial charge in [0.25, 0.3) is 0 Å². The SMILES string of the molecule is COc1cc(Cl)cc(CBr)c1OCc1cccc(Cl)c1. The summed E-state index contributed by atoms with van der Waals surface area (Å²) in [4.78, 5) is 0. The summed E-state index contributed by atoms with van der Waals surface area (Å²) in [5, 5.41) is 1.94. The van der Waals surface area contributed by atoms with Gasteiger partial charge in [-0.25, -0.2) is 0 Å². The van der Waals surface area contributed by atoms with Gasteiger partial charge in [-0.15, -0.1) is 0 Å². The molecule has 0 aliphatic rings. The summed E-state index contributed by atoms with van der Waals surface area (Å²) >= 11 is 15.4. The number of benzene rings is 2. The number of ether oxygens (including phenoxy) is 2. The Bertz CT molecular complexity index is 577. The lowest BCUT2D eigenvalue weighted by Gasteiger charge is -2.15. The minimum Gasteiger partial charge on any atom is -0.493 e. The van der Waals surface area contributed by atoms with Crippen molar-refractivity contribution < 1.29 is 9.47 Å². The number of halogens is 3. The maximum absolute atomic E-state index is 6.04. The molecule has 2 rings (SSSR count).